The van der Waals surface area contributed by atoms with Crippen LogP contribution in [0.3, 0.4) is 0 Å². The second-order valence-electron chi connectivity index (χ2n) is 2.91. The lowest BCUT2D eigenvalue weighted by atomic mass is 10.1. The van der Waals surface area contributed by atoms with E-state index in [1.165, 1.54) is 11.3 Å². The Labute approximate surface area is 84.2 Å². The van der Waals surface area contributed by atoms with Crippen LogP contribution in [0.25, 0.3) is 10.1 Å². The first-order valence-corrected chi connectivity index (χ1v) is 4.88. The summed E-state index contributed by atoms with van der Waals surface area (Å²) in [6.07, 6.45) is 0.618. The van der Waals surface area contributed by atoms with Gasteiger partial charge in [-0.3, -0.25) is 4.79 Å². The van der Waals surface area contributed by atoms with Crippen LogP contribution in [-0.2, 0) is 6.61 Å². The number of hydrogen-bond acceptors (Lipinski definition) is 4. The van der Waals surface area contributed by atoms with E-state index in [0.717, 1.165) is 10.3 Å². The van der Waals surface area contributed by atoms with Gasteiger partial charge in [-0.15, -0.1) is 11.3 Å². The second-order valence-corrected chi connectivity index (χ2v) is 4.05. The van der Waals surface area contributed by atoms with E-state index >= 15 is 0 Å². The van der Waals surface area contributed by atoms with Gasteiger partial charge < -0.3 is 10.2 Å². The molecule has 2 rings (SSSR count). The predicted molar refractivity (Wildman–Crippen MR) is 54.8 cm³/mol. The summed E-state index contributed by atoms with van der Waals surface area (Å²) in [6.45, 7) is -0.0464. The lowest BCUT2D eigenvalue weighted by Crippen LogP contribution is -1.79. The number of benzene rings is 1. The molecule has 72 valence electrons. The maximum atomic E-state index is 10.5. The summed E-state index contributed by atoms with van der Waals surface area (Å²) < 4.78 is 0.652. The first-order valence-electron chi connectivity index (χ1n) is 4.06. The standard InChI is InChI=1S/C10H8O3S/c11-4-7-2-1-6-3-8(5-12)14-10(6)9(7)13/h1-4,12-13H,5H2. The Morgan fingerprint density at radius 3 is 2.86 bits per heavy atom. The molecule has 0 radical (unpaired) electrons. The average molecular weight is 208 g/mol. The number of phenols is 1. The number of aldehydes is 1. The zero-order chi connectivity index (χ0) is 10.1. The van der Waals surface area contributed by atoms with Gasteiger partial charge in [-0.05, 0) is 17.5 Å². The van der Waals surface area contributed by atoms with Gasteiger partial charge in [-0.2, -0.15) is 0 Å². The molecular formula is C10H8O3S. The third-order valence-corrected chi connectivity index (χ3v) is 3.17. The quantitative estimate of drug-likeness (QED) is 0.741. The first-order chi connectivity index (χ1) is 6.76. The van der Waals surface area contributed by atoms with Crippen LogP contribution in [0.1, 0.15) is 15.2 Å². The van der Waals surface area contributed by atoms with E-state index in [4.69, 9.17) is 5.11 Å². The van der Waals surface area contributed by atoms with Crippen molar-refractivity contribution in [2.75, 3.05) is 0 Å². The number of aliphatic hydroxyl groups excluding tert-OH is 1. The van der Waals surface area contributed by atoms with Crippen molar-refractivity contribution < 1.29 is 15.0 Å². The maximum absolute atomic E-state index is 10.5. The highest BCUT2D eigenvalue weighted by Crippen LogP contribution is 2.34. The van der Waals surface area contributed by atoms with Crippen molar-refractivity contribution in [2.24, 2.45) is 0 Å². The highest BCUT2D eigenvalue weighted by Gasteiger charge is 2.08. The average Bonchev–Trinajstić information content (AvgIpc) is 2.62. The number of carbonyl (C=O) groups excluding carboxylic acids is 1. The Morgan fingerprint density at radius 2 is 2.21 bits per heavy atom. The molecule has 0 atom stereocenters. The summed E-state index contributed by atoms with van der Waals surface area (Å²) in [4.78, 5) is 11.3. The Hall–Kier alpha value is -1.39. The van der Waals surface area contributed by atoms with Gasteiger partial charge in [0.1, 0.15) is 5.75 Å². The van der Waals surface area contributed by atoms with Crippen molar-refractivity contribution in [3.8, 4) is 5.75 Å². The molecule has 3 nitrogen and oxygen atoms in total. The largest absolute Gasteiger partial charge is 0.506 e. The van der Waals surface area contributed by atoms with Crippen molar-refractivity contribution in [2.45, 2.75) is 6.61 Å². The Morgan fingerprint density at radius 1 is 1.43 bits per heavy atom. The van der Waals surface area contributed by atoms with Gasteiger partial charge in [0.05, 0.1) is 16.9 Å². The van der Waals surface area contributed by atoms with Gasteiger partial charge in [0, 0.05) is 4.88 Å². The van der Waals surface area contributed by atoms with Crippen molar-refractivity contribution in [1.82, 2.24) is 0 Å². The number of aliphatic hydroxyl groups is 1. The third kappa shape index (κ3) is 1.29. The van der Waals surface area contributed by atoms with Gasteiger partial charge >= 0.3 is 0 Å². The number of phenolic OH excluding ortho intramolecular Hbond substituents is 1. The smallest absolute Gasteiger partial charge is 0.153 e. The lowest BCUT2D eigenvalue weighted by Gasteiger charge is -1.96. The van der Waals surface area contributed by atoms with E-state index in [2.05, 4.69) is 0 Å². The number of carbonyl (C=O) groups is 1. The van der Waals surface area contributed by atoms with Gasteiger partial charge in [0.2, 0.25) is 0 Å². The van der Waals surface area contributed by atoms with Crippen molar-refractivity contribution in [3.05, 3.63) is 28.6 Å². The molecule has 0 saturated carbocycles. The molecule has 1 aromatic heterocycles. The van der Waals surface area contributed by atoms with Crippen molar-refractivity contribution in [3.63, 3.8) is 0 Å². The molecule has 2 aromatic rings. The van der Waals surface area contributed by atoms with Crippen LogP contribution in [0.15, 0.2) is 18.2 Å². The van der Waals surface area contributed by atoms with E-state index in [9.17, 15) is 9.90 Å². The summed E-state index contributed by atoms with van der Waals surface area (Å²) in [5.41, 5.74) is 0.281. The minimum absolute atomic E-state index is 0.00204. The number of fused-ring (bicyclic) bond motifs is 1. The van der Waals surface area contributed by atoms with Gasteiger partial charge in [-0.25, -0.2) is 0 Å². The monoisotopic (exact) mass is 208 g/mol. The molecule has 0 fully saturated rings. The molecule has 0 aliphatic carbocycles. The number of thiophene rings is 1. The van der Waals surface area contributed by atoms with Crippen molar-refractivity contribution in [1.29, 1.82) is 0 Å². The minimum Gasteiger partial charge on any atom is -0.506 e. The summed E-state index contributed by atoms with van der Waals surface area (Å²) in [5.74, 6) is 0.00204. The number of hydrogen-bond donors (Lipinski definition) is 2. The lowest BCUT2D eigenvalue weighted by molar-refractivity contribution is 0.112. The van der Waals surface area contributed by atoms with Crippen LogP contribution in [0, 0.1) is 0 Å². The zero-order valence-electron chi connectivity index (χ0n) is 7.23. The van der Waals surface area contributed by atoms with Crippen LogP contribution < -0.4 is 0 Å². The maximum Gasteiger partial charge on any atom is 0.153 e. The fraction of sp³-hybridized carbons (Fsp3) is 0.100. The SMILES string of the molecule is O=Cc1ccc2cc(CO)sc2c1O. The summed E-state index contributed by atoms with van der Waals surface area (Å²) in [7, 11) is 0. The molecule has 0 aliphatic rings. The summed E-state index contributed by atoms with van der Waals surface area (Å²) in [5, 5.41) is 19.4. The molecule has 0 aliphatic heterocycles. The molecule has 1 heterocycles. The van der Waals surface area contributed by atoms with Gasteiger partial charge in [0.15, 0.2) is 6.29 Å². The molecule has 2 N–H and O–H groups in total. The molecule has 4 heteroatoms. The molecule has 0 saturated heterocycles. The third-order valence-electron chi connectivity index (χ3n) is 2.03. The predicted octanol–water partition coefficient (Wildman–Crippen LogP) is 1.91. The molecular weight excluding hydrogens is 200 g/mol. The Bertz CT molecular complexity index is 487. The van der Waals surface area contributed by atoms with Gasteiger partial charge in [-0.1, -0.05) is 6.07 Å². The molecule has 0 unspecified atom stereocenters. The van der Waals surface area contributed by atoms with Gasteiger partial charge in [0.25, 0.3) is 0 Å². The van der Waals surface area contributed by atoms with Crippen LogP contribution in [0.2, 0.25) is 0 Å². The summed E-state index contributed by atoms with van der Waals surface area (Å²) >= 11 is 1.29. The van der Waals surface area contributed by atoms with E-state index in [-0.39, 0.29) is 17.9 Å². The normalized spacial score (nSPS) is 10.6. The van der Waals surface area contributed by atoms with Crippen LogP contribution >= 0.6 is 11.3 Å². The molecule has 0 spiro atoms. The van der Waals surface area contributed by atoms with Crippen LogP contribution in [0.4, 0.5) is 0 Å². The zero-order valence-corrected chi connectivity index (χ0v) is 8.04. The fourth-order valence-corrected chi connectivity index (χ4v) is 2.30. The summed E-state index contributed by atoms with van der Waals surface area (Å²) in [6, 6.07) is 5.13. The first kappa shape index (κ1) is 9.18. The van der Waals surface area contributed by atoms with Crippen LogP contribution in [-0.4, -0.2) is 16.5 Å². The molecule has 1 aromatic carbocycles. The Balaban J connectivity index is 2.74. The second kappa shape index (κ2) is 3.40. The highest BCUT2D eigenvalue weighted by molar-refractivity contribution is 7.19. The van der Waals surface area contributed by atoms with Crippen LogP contribution in [0.5, 0.6) is 5.75 Å². The molecule has 0 bridgehead atoms. The van der Waals surface area contributed by atoms with E-state index < -0.39 is 0 Å². The van der Waals surface area contributed by atoms with E-state index in [0.29, 0.717) is 11.0 Å². The molecule has 14 heavy (non-hydrogen) atoms. The van der Waals surface area contributed by atoms with E-state index in [1.807, 2.05) is 0 Å². The number of rotatable bonds is 2. The van der Waals surface area contributed by atoms with E-state index in [1.54, 1.807) is 18.2 Å². The fourth-order valence-electron chi connectivity index (χ4n) is 1.33. The Kier molecular flexibility index (Phi) is 2.23. The highest BCUT2D eigenvalue weighted by atomic mass is 32.1. The minimum atomic E-state index is -0.0464. The topological polar surface area (TPSA) is 57.5 Å². The van der Waals surface area contributed by atoms with Crippen molar-refractivity contribution >= 4 is 27.7 Å². The molecule has 0 amide bonds. The number of aromatic hydroxyl groups is 1.